The van der Waals surface area contributed by atoms with Gasteiger partial charge in [0.2, 0.25) is 0 Å². The summed E-state index contributed by atoms with van der Waals surface area (Å²) in [5.41, 5.74) is 2.57. The quantitative estimate of drug-likeness (QED) is 0.493. The summed E-state index contributed by atoms with van der Waals surface area (Å²) in [4.78, 5) is 36.2. The van der Waals surface area contributed by atoms with Gasteiger partial charge >= 0.3 is 5.97 Å². The number of benzene rings is 2. The maximum Gasteiger partial charge on any atom is 0.310 e. The molecule has 0 spiro atoms. The van der Waals surface area contributed by atoms with Crippen LogP contribution in [0.5, 0.6) is 11.5 Å². The van der Waals surface area contributed by atoms with E-state index in [9.17, 15) is 14.4 Å². The van der Waals surface area contributed by atoms with Gasteiger partial charge in [0, 0.05) is 0 Å². The number of esters is 1. The van der Waals surface area contributed by atoms with E-state index in [1.54, 1.807) is 42.5 Å². The van der Waals surface area contributed by atoms with Crippen LogP contribution in [0, 0.1) is 13.8 Å². The fourth-order valence-electron chi connectivity index (χ4n) is 2.99. The molecule has 0 bridgehead atoms. The molecule has 33 heavy (non-hydrogen) atoms. The number of para-hydroxylation sites is 1. The average molecular weight is 452 g/mol. The third kappa shape index (κ3) is 6.42. The highest BCUT2D eigenvalue weighted by molar-refractivity contribution is 6.06. The van der Waals surface area contributed by atoms with E-state index in [2.05, 4.69) is 10.5 Å². The number of carbonyl (C=O) groups is 3. The zero-order chi connectivity index (χ0) is 23.8. The number of nitrogens with zero attached hydrogens (tertiary/aromatic N) is 1. The molecule has 9 nitrogen and oxygen atoms in total. The predicted molar refractivity (Wildman–Crippen MR) is 117 cm³/mol. The van der Waals surface area contributed by atoms with Crippen LogP contribution in [0.1, 0.15) is 32.9 Å². The van der Waals surface area contributed by atoms with Gasteiger partial charge in [0.15, 0.2) is 6.61 Å². The number of hydrogen-bond acceptors (Lipinski definition) is 8. The second kappa shape index (κ2) is 10.9. The molecule has 0 aliphatic carbocycles. The number of carbonyl (C=O) groups excluding carboxylic acids is 3. The molecule has 3 aromatic rings. The molecule has 1 N–H and O–H groups in total. The van der Waals surface area contributed by atoms with Crippen molar-refractivity contribution >= 4 is 17.8 Å². The third-order valence-electron chi connectivity index (χ3n) is 4.81. The largest absolute Gasteiger partial charge is 0.496 e. The van der Waals surface area contributed by atoms with E-state index in [4.69, 9.17) is 18.7 Å². The Morgan fingerprint density at radius 2 is 1.76 bits per heavy atom. The van der Waals surface area contributed by atoms with Crippen LogP contribution in [-0.2, 0) is 27.4 Å². The number of amides is 2. The summed E-state index contributed by atoms with van der Waals surface area (Å²) in [6.07, 6.45) is -0.0299. The zero-order valence-corrected chi connectivity index (χ0v) is 18.5. The van der Waals surface area contributed by atoms with Gasteiger partial charge < -0.3 is 18.7 Å². The van der Waals surface area contributed by atoms with Crippen LogP contribution in [-0.4, -0.2) is 36.7 Å². The van der Waals surface area contributed by atoms with Crippen LogP contribution in [0.25, 0.3) is 0 Å². The van der Waals surface area contributed by atoms with Crippen molar-refractivity contribution in [1.29, 1.82) is 0 Å². The number of ether oxygens (including phenoxy) is 3. The molecular formula is C24H24N2O7. The SMILES string of the molecule is COc1ccccc1C(=O)NC(=O)COC(=O)Cc1ccc(OCc2c(C)noc2C)cc1. The molecular weight excluding hydrogens is 428 g/mol. The number of methoxy groups -OCH3 is 1. The molecule has 0 aliphatic rings. The molecule has 9 heteroatoms. The van der Waals surface area contributed by atoms with E-state index in [-0.39, 0.29) is 12.0 Å². The first kappa shape index (κ1) is 23.5. The Bertz CT molecular complexity index is 1120. The summed E-state index contributed by atoms with van der Waals surface area (Å²) in [5, 5.41) is 6.05. The first-order chi connectivity index (χ1) is 15.9. The molecule has 0 saturated heterocycles. The summed E-state index contributed by atoms with van der Waals surface area (Å²) in [6, 6.07) is 13.4. The maximum atomic E-state index is 12.2. The highest BCUT2D eigenvalue weighted by Gasteiger charge is 2.16. The van der Waals surface area contributed by atoms with Crippen molar-refractivity contribution in [2.75, 3.05) is 13.7 Å². The predicted octanol–water partition coefficient (Wildman–Crippen LogP) is 2.92. The molecule has 0 radical (unpaired) electrons. The lowest BCUT2D eigenvalue weighted by Crippen LogP contribution is -2.34. The molecule has 3 rings (SSSR count). The Kier molecular flexibility index (Phi) is 7.80. The molecule has 2 amide bonds. The number of imide groups is 1. The Balaban J connectivity index is 1.43. The van der Waals surface area contributed by atoms with Crippen LogP contribution in [0.15, 0.2) is 53.1 Å². The van der Waals surface area contributed by atoms with Crippen molar-refractivity contribution < 1.29 is 33.1 Å². The summed E-state index contributed by atoms with van der Waals surface area (Å²) < 4.78 is 20.9. The molecule has 0 atom stereocenters. The van der Waals surface area contributed by atoms with Crippen molar-refractivity contribution in [2.45, 2.75) is 26.9 Å². The molecule has 0 fully saturated rings. The van der Waals surface area contributed by atoms with E-state index in [0.717, 1.165) is 11.3 Å². The summed E-state index contributed by atoms with van der Waals surface area (Å²) in [7, 11) is 1.42. The minimum atomic E-state index is -0.734. The number of rotatable bonds is 9. The number of nitrogens with one attached hydrogen (secondary N) is 1. The van der Waals surface area contributed by atoms with Crippen LogP contribution < -0.4 is 14.8 Å². The van der Waals surface area contributed by atoms with Gasteiger partial charge in [0.05, 0.1) is 30.4 Å². The zero-order valence-electron chi connectivity index (χ0n) is 18.5. The van der Waals surface area contributed by atoms with Gasteiger partial charge in [-0.05, 0) is 43.7 Å². The maximum absolute atomic E-state index is 12.2. The summed E-state index contributed by atoms with van der Waals surface area (Å²) in [6.45, 7) is 3.42. The monoisotopic (exact) mass is 452 g/mol. The van der Waals surface area contributed by atoms with Gasteiger partial charge in [0.25, 0.3) is 11.8 Å². The molecule has 172 valence electrons. The van der Waals surface area contributed by atoms with Crippen molar-refractivity contribution in [1.82, 2.24) is 10.5 Å². The number of aryl methyl sites for hydroxylation is 2. The Hall–Kier alpha value is -4.14. The van der Waals surface area contributed by atoms with Gasteiger partial charge in [-0.25, -0.2) is 0 Å². The van der Waals surface area contributed by atoms with Crippen LogP contribution in [0.4, 0.5) is 0 Å². The van der Waals surface area contributed by atoms with Crippen LogP contribution in [0.2, 0.25) is 0 Å². The second-order valence-corrected chi connectivity index (χ2v) is 7.15. The lowest BCUT2D eigenvalue weighted by molar-refractivity contribution is -0.147. The van der Waals surface area contributed by atoms with Gasteiger partial charge in [-0.15, -0.1) is 0 Å². The first-order valence-corrected chi connectivity index (χ1v) is 10.1. The van der Waals surface area contributed by atoms with Gasteiger partial charge in [-0.1, -0.05) is 29.4 Å². The summed E-state index contributed by atoms with van der Waals surface area (Å²) >= 11 is 0. The fourth-order valence-corrected chi connectivity index (χ4v) is 2.99. The van der Waals surface area contributed by atoms with E-state index in [0.29, 0.717) is 29.4 Å². The van der Waals surface area contributed by atoms with Gasteiger partial charge in [-0.2, -0.15) is 0 Å². The second-order valence-electron chi connectivity index (χ2n) is 7.15. The molecule has 1 heterocycles. The number of aromatic nitrogens is 1. The third-order valence-corrected chi connectivity index (χ3v) is 4.81. The minimum absolute atomic E-state index is 0.0299. The number of hydrogen-bond donors (Lipinski definition) is 1. The van der Waals surface area contributed by atoms with E-state index in [1.807, 2.05) is 13.8 Å². The lowest BCUT2D eigenvalue weighted by Gasteiger charge is -2.09. The Labute approximate surface area is 190 Å². The molecule has 0 saturated carbocycles. The van der Waals surface area contributed by atoms with Crippen molar-refractivity contribution in [3.8, 4) is 11.5 Å². The van der Waals surface area contributed by atoms with Crippen molar-refractivity contribution in [3.63, 3.8) is 0 Å². The Morgan fingerprint density at radius 3 is 2.42 bits per heavy atom. The van der Waals surface area contributed by atoms with Crippen molar-refractivity contribution in [2.24, 2.45) is 0 Å². The van der Waals surface area contributed by atoms with Gasteiger partial charge in [0.1, 0.15) is 23.9 Å². The van der Waals surface area contributed by atoms with E-state index < -0.39 is 24.4 Å². The Morgan fingerprint density at radius 1 is 1.03 bits per heavy atom. The lowest BCUT2D eigenvalue weighted by atomic mass is 10.1. The smallest absolute Gasteiger partial charge is 0.310 e. The van der Waals surface area contributed by atoms with E-state index >= 15 is 0 Å². The van der Waals surface area contributed by atoms with Crippen LogP contribution in [0.3, 0.4) is 0 Å². The molecule has 0 aliphatic heterocycles. The van der Waals surface area contributed by atoms with Gasteiger partial charge in [-0.3, -0.25) is 19.7 Å². The fraction of sp³-hybridized carbons (Fsp3) is 0.250. The first-order valence-electron chi connectivity index (χ1n) is 10.1. The minimum Gasteiger partial charge on any atom is -0.496 e. The van der Waals surface area contributed by atoms with Crippen molar-refractivity contribution in [3.05, 3.63) is 76.7 Å². The van der Waals surface area contributed by atoms with E-state index in [1.165, 1.54) is 13.2 Å². The standard InChI is InChI=1S/C24H24N2O7/c1-15-20(16(2)33-26-15)13-31-18-10-8-17(9-11-18)12-23(28)32-14-22(27)25-24(29)19-6-4-5-7-21(19)30-3/h4-11H,12-14H2,1-3H3,(H,25,27,29). The topological polar surface area (TPSA) is 117 Å². The molecule has 1 aromatic heterocycles. The highest BCUT2D eigenvalue weighted by Crippen LogP contribution is 2.19. The average Bonchev–Trinajstić information content (AvgIpc) is 3.14. The molecule has 2 aromatic carbocycles. The van der Waals surface area contributed by atoms with Crippen LogP contribution >= 0.6 is 0 Å². The highest BCUT2D eigenvalue weighted by atomic mass is 16.5. The summed E-state index contributed by atoms with van der Waals surface area (Å²) in [5.74, 6) is -0.303. The molecule has 0 unspecified atom stereocenters. The normalized spacial score (nSPS) is 10.4.